The van der Waals surface area contributed by atoms with Crippen LogP contribution < -0.4 is 15.0 Å². The Kier molecular flexibility index (Phi) is 5.37. The van der Waals surface area contributed by atoms with Gasteiger partial charge in [0.1, 0.15) is 17.3 Å². The van der Waals surface area contributed by atoms with Crippen LogP contribution >= 0.6 is 0 Å². The molecule has 3 rings (SSSR count). The van der Waals surface area contributed by atoms with E-state index >= 15 is 0 Å². The molecule has 134 valence electrons. The summed E-state index contributed by atoms with van der Waals surface area (Å²) < 4.78 is 5.16. The molecule has 0 aliphatic carbocycles. The number of amides is 1. The molecule has 0 spiro atoms. The van der Waals surface area contributed by atoms with E-state index in [0.29, 0.717) is 18.0 Å². The average molecular weight is 349 g/mol. The molecule has 26 heavy (non-hydrogen) atoms. The number of carbonyl (C=O) groups is 1. The summed E-state index contributed by atoms with van der Waals surface area (Å²) in [6, 6.07) is 15.9. The van der Waals surface area contributed by atoms with Crippen molar-refractivity contribution in [2.24, 2.45) is 4.99 Å². The van der Waals surface area contributed by atoms with Crippen molar-refractivity contribution in [3.8, 4) is 5.75 Å². The van der Waals surface area contributed by atoms with Crippen LogP contribution in [0.1, 0.15) is 17.5 Å². The van der Waals surface area contributed by atoms with Crippen molar-refractivity contribution in [2.45, 2.75) is 12.8 Å². The van der Waals surface area contributed by atoms with Crippen LogP contribution in [-0.4, -0.2) is 32.9 Å². The minimum absolute atomic E-state index is 0.147. The molecule has 0 saturated carbocycles. The summed E-state index contributed by atoms with van der Waals surface area (Å²) in [5, 5.41) is 2.86. The van der Waals surface area contributed by atoms with Crippen LogP contribution in [-0.2, 0) is 11.2 Å². The number of aryl methyl sites for hydroxylation is 1. The van der Waals surface area contributed by atoms with Gasteiger partial charge in [0.05, 0.1) is 7.11 Å². The van der Waals surface area contributed by atoms with Crippen LogP contribution in [0.5, 0.6) is 5.75 Å². The minimum atomic E-state index is -0.147. The molecule has 0 bridgehead atoms. The SMILES string of the molecule is COc1ccc(CCC2=N/C(=C/c3ccc(N(C)C)cc3)C(=O)N2)cc1. The maximum atomic E-state index is 12.1. The van der Waals surface area contributed by atoms with E-state index in [1.807, 2.05) is 73.6 Å². The Morgan fingerprint density at radius 3 is 2.35 bits per heavy atom. The first-order valence-corrected chi connectivity index (χ1v) is 8.56. The highest BCUT2D eigenvalue weighted by molar-refractivity contribution is 6.14. The number of hydrogen-bond donors (Lipinski definition) is 1. The zero-order valence-electron chi connectivity index (χ0n) is 15.3. The lowest BCUT2D eigenvalue weighted by atomic mass is 10.1. The van der Waals surface area contributed by atoms with E-state index in [0.717, 1.165) is 23.4 Å². The van der Waals surface area contributed by atoms with Crippen LogP contribution in [0.4, 0.5) is 5.69 Å². The van der Waals surface area contributed by atoms with Crippen LogP contribution in [0.2, 0.25) is 0 Å². The number of hydrogen-bond acceptors (Lipinski definition) is 4. The first kappa shape index (κ1) is 17.7. The van der Waals surface area contributed by atoms with Crippen molar-refractivity contribution in [3.05, 3.63) is 65.4 Å². The van der Waals surface area contributed by atoms with Crippen LogP contribution in [0.25, 0.3) is 6.08 Å². The predicted molar refractivity (Wildman–Crippen MR) is 106 cm³/mol. The van der Waals surface area contributed by atoms with Gasteiger partial charge in [0.15, 0.2) is 0 Å². The number of carbonyl (C=O) groups excluding carboxylic acids is 1. The molecule has 0 atom stereocenters. The summed E-state index contributed by atoms with van der Waals surface area (Å²) in [5.74, 6) is 1.40. The molecule has 2 aromatic carbocycles. The molecule has 0 saturated heterocycles. The quantitative estimate of drug-likeness (QED) is 0.815. The van der Waals surface area contributed by atoms with E-state index in [1.165, 1.54) is 5.56 Å². The third-order valence-corrected chi connectivity index (χ3v) is 4.27. The average Bonchev–Trinajstić information content (AvgIpc) is 3.00. The third kappa shape index (κ3) is 4.30. The molecule has 5 nitrogen and oxygen atoms in total. The van der Waals surface area contributed by atoms with E-state index in [2.05, 4.69) is 10.3 Å². The zero-order valence-corrected chi connectivity index (χ0v) is 15.3. The molecule has 0 radical (unpaired) electrons. The fourth-order valence-corrected chi connectivity index (χ4v) is 2.72. The monoisotopic (exact) mass is 349 g/mol. The van der Waals surface area contributed by atoms with Gasteiger partial charge in [-0.2, -0.15) is 0 Å². The Morgan fingerprint density at radius 2 is 1.73 bits per heavy atom. The second-order valence-corrected chi connectivity index (χ2v) is 6.38. The molecule has 1 aliphatic rings. The molecule has 2 aromatic rings. The standard InChI is InChI=1S/C21H23N3O2/c1-24(2)17-9-4-16(5-10-17)14-19-21(25)23-20(22-19)13-8-15-6-11-18(26-3)12-7-15/h4-7,9-12,14H,8,13H2,1-3H3,(H,22,23,25)/b19-14+. The molecule has 0 aromatic heterocycles. The fourth-order valence-electron chi connectivity index (χ4n) is 2.72. The smallest absolute Gasteiger partial charge is 0.275 e. The molecular formula is C21H23N3O2. The van der Waals surface area contributed by atoms with Crippen LogP contribution in [0.3, 0.4) is 0 Å². The fraction of sp³-hybridized carbons (Fsp3) is 0.238. The van der Waals surface area contributed by atoms with Crippen LogP contribution in [0.15, 0.2) is 59.2 Å². The number of anilines is 1. The Morgan fingerprint density at radius 1 is 1.04 bits per heavy atom. The van der Waals surface area contributed by atoms with Crippen molar-refractivity contribution in [1.29, 1.82) is 0 Å². The number of amidine groups is 1. The molecule has 1 aliphatic heterocycles. The first-order chi connectivity index (χ1) is 12.5. The summed E-state index contributed by atoms with van der Waals surface area (Å²) in [6.45, 7) is 0. The number of ether oxygens (including phenoxy) is 1. The Labute approximate surface area is 154 Å². The highest BCUT2D eigenvalue weighted by Crippen LogP contribution is 2.18. The van der Waals surface area contributed by atoms with Gasteiger partial charge in [-0.1, -0.05) is 24.3 Å². The minimum Gasteiger partial charge on any atom is -0.497 e. The molecule has 1 heterocycles. The summed E-state index contributed by atoms with van der Waals surface area (Å²) >= 11 is 0. The van der Waals surface area contributed by atoms with Gasteiger partial charge in [0.25, 0.3) is 5.91 Å². The van der Waals surface area contributed by atoms with Gasteiger partial charge in [0.2, 0.25) is 0 Å². The van der Waals surface area contributed by atoms with E-state index in [9.17, 15) is 4.79 Å². The van der Waals surface area contributed by atoms with E-state index < -0.39 is 0 Å². The van der Waals surface area contributed by atoms with Gasteiger partial charge in [-0.3, -0.25) is 4.79 Å². The summed E-state index contributed by atoms with van der Waals surface area (Å²) in [5.41, 5.74) is 3.71. The topological polar surface area (TPSA) is 53.9 Å². The van der Waals surface area contributed by atoms with Crippen molar-refractivity contribution >= 4 is 23.5 Å². The zero-order chi connectivity index (χ0) is 18.5. The number of aliphatic imine (C=N–C) groups is 1. The number of benzene rings is 2. The van der Waals surface area contributed by atoms with Crippen molar-refractivity contribution in [3.63, 3.8) is 0 Å². The van der Waals surface area contributed by atoms with E-state index in [4.69, 9.17) is 4.74 Å². The van der Waals surface area contributed by atoms with Gasteiger partial charge in [0, 0.05) is 26.2 Å². The molecular weight excluding hydrogens is 326 g/mol. The predicted octanol–water partition coefficient (Wildman–Crippen LogP) is 3.26. The maximum absolute atomic E-state index is 12.1. The number of nitrogens with zero attached hydrogens (tertiary/aromatic N) is 2. The second-order valence-electron chi connectivity index (χ2n) is 6.38. The van der Waals surface area contributed by atoms with Gasteiger partial charge >= 0.3 is 0 Å². The maximum Gasteiger partial charge on any atom is 0.275 e. The van der Waals surface area contributed by atoms with Gasteiger partial charge in [-0.25, -0.2) is 4.99 Å². The molecule has 1 amide bonds. The summed E-state index contributed by atoms with van der Waals surface area (Å²) in [4.78, 5) is 18.6. The Hall–Kier alpha value is -3.08. The lowest BCUT2D eigenvalue weighted by Gasteiger charge is -2.11. The lowest BCUT2D eigenvalue weighted by Crippen LogP contribution is -2.24. The Bertz CT molecular complexity index is 835. The summed E-state index contributed by atoms with van der Waals surface area (Å²) in [6.07, 6.45) is 3.32. The number of methoxy groups -OCH3 is 1. The van der Waals surface area contributed by atoms with Gasteiger partial charge in [-0.15, -0.1) is 0 Å². The molecule has 0 fully saturated rings. The van der Waals surface area contributed by atoms with Crippen LogP contribution in [0, 0.1) is 0 Å². The Balaban J connectivity index is 1.65. The highest BCUT2D eigenvalue weighted by atomic mass is 16.5. The molecule has 1 N–H and O–H groups in total. The number of rotatable bonds is 6. The van der Waals surface area contributed by atoms with Crippen molar-refractivity contribution in [1.82, 2.24) is 5.32 Å². The third-order valence-electron chi connectivity index (χ3n) is 4.27. The van der Waals surface area contributed by atoms with Gasteiger partial charge in [-0.05, 0) is 47.9 Å². The largest absolute Gasteiger partial charge is 0.497 e. The normalized spacial score (nSPS) is 15.0. The lowest BCUT2D eigenvalue weighted by molar-refractivity contribution is -0.115. The molecule has 0 unspecified atom stereocenters. The highest BCUT2D eigenvalue weighted by Gasteiger charge is 2.19. The molecule has 5 heteroatoms. The second kappa shape index (κ2) is 7.87. The van der Waals surface area contributed by atoms with Crippen molar-refractivity contribution in [2.75, 3.05) is 26.1 Å². The number of nitrogens with one attached hydrogen (secondary N) is 1. The van der Waals surface area contributed by atoms with E-state index in [1.54, 1.807) is 7.11 Å². The van der Waals surface area contributed by atoms with E-state index in [-0.39, 0.29) is 5.91 Å². The summed E-state index contributed by atoms with van der Waals surface area (Å²) in [7, 11) is 5.65. The van der Waals surface area contributed by atoms with Gasteiger partial charge < -0.3 is 15.0 Å². The first-order valence-electron chi connectivity index (χ1n) is 8.56. The van der Waals surface area contributed by atoms with Crippen molar-refractivity contribution < 1.29 is 9.53 Å².